The van der Waals surface area contributed by atoms with Crippen molar-refractivity contribution in [3.8, 4) is 0 Å². The molecule has 1 amide bonds. The number of carbonyl (C=O) groups excluding carboxylic acids is 1. The molecule has 8 heteroatoms. The van der Waals surface area contributed by atoms with Crippen LogP contribution in [0.2, 0.25) is 0 Å². The van der Waals surface area contributed by atoms with E-state index in [9.17, 15) is 4.79 Å². The molecule has 1 unspecified atom stereocenters. The van der Waals surface area contributed by atoms with Crippen LogP contribution in [0.15, 0.2) is 0 Å². The molecule has 0 fully saturated rings. The summed E-state index contributed by atoms with van der Waals surface area (Å²) < 4.78 is 0. The molecule has 0 saturated carbocycles. The summed E-state index contributed by atoms with van der Waals surface area (Å²) in [6, 6.07) is -0.489. The van der Waals surface area contributed by atoms with Gasteiger partial charge in [0.15, 0.2) is 0 Å². The highest BCUT2D eigenvalue weighted by Gasteiger charge is 2.04. The maximum atomic E-state index is 10.6. The Kier molecular flexibility index (Phi) is 9.37. The third-order valence-corrected chi connectivity index (χ3v) is 1.01. The molecule has 15 heavy (non-hydrogen) atoms. The molecule has 0 aromatic rings. The van der Waals surface area contributed by atoms with Crippen molar-refractivity contribution < 1.29 is 29.7 Å². The van der Waals surface area contributed by atoms with Crippen LogP contribution in [0.3, 0.4) is 0 Å². The van der Waals surface area contributed by atoms with E-state index in [0.717, 1.165) is 0 Å². The van der Waals surface area contributed by atoms with E-state index in [1.165, 1.54) is 0 Å². The summed E-state index contributed by atoms with van der Waals surface area (Å²) in [5, 5.41) is 25.4. The monoisotopic (exact) mass is 222 g/mol. The first-order valence-electron chi connectivity index (χ1n) is 3.93. The van der Waals surface area contributed by atoms with Gasteiger partial charge in [-0.05, 0) is 6.92 Å². The van der Waals surface area contributed by atoms with Gasteiger partial charge in [-0.25, -0.2) is 9.59 Å². The van der Waals surface area contributed by atoms with Crippen molar-refractivity contribution >= 4 is 17.8 Å². The highest BCUT2D eigenvalue weighted by molar-refractivity contribution is 6.27. The number of nitrogens with one attached hydrogen (secondary N) is 1. The molecule has 0 bridgehead atoms. The van der Waals surface area contributed by atoms with Crippen LogP contribution in [-0.4, -0.2) is 52.4 Å². The number of carbonyl (C=O) groups is 3. The van der Waals surface area contributed by atoms with Crippen molar-refractivity contribution in [2.45, 2.75) is 13.0 Å². The smallest absolute Gasteiger partial charge is 0.414 e. The van der Waals surface area contributed by atoms with E-state index >= 15 is 0 Å². The van der Waals surface area contributed by atoms with Gasteiger partial charge < -0.3 is 26.4 Å². The van der Waals surface area contributed by atoms with Crippen LogP contribution in [0.1, 0.15) is 6.92 Å². The molecular weight excluding hydrogens is 208 g/mol. The zero-order valence-electron chi connectivity index (χ0n) is 8.14. The third kappa shape index (κ3) is 12.3. The van der Waals surface area contributed by atoms with Crippen LogP contribution < -0.4 is 11.1 Å². The van der Waals surface area contributed by atoms with E-state index in [-0.39, 0.29) is 19.1 Å². The maximum Gasteiger partial charge on any atom is 0.414 e. The normalized spacial score (nSPS) is 10.6. The number of carboxylic acids is 2. The van der Waals surface area contributed by atoms with Crippen molar-refractivity contribution in [2.75, 3.05) is 13.2 Å². The van der Waals surface area contributed by atoms with Gasteiger partial charge in [0.2, 0.25) is 5.91 Å². The number of hydrogen-bond acceptors (Lipinski definition) is 5. The maximum absolute atomic E-state index is 10.6. The van der Waals surface area contributed by atoms with Gasteiger partial charge in [-0.1, -0.05) is 0 Å². The Labute approximate surface area is 85.7 Å². The molecule has 0 aromatic carbocycles. The molecule has 0 aromatic heterocycles. The number of aliphatic hydroxyl groups excluding tert-OH is 1. The third-order valence-electron chi connectivity index (χ3n) is 1.01. The first-order chi connectivity index (χ1) is 6.82. The Hall–Kier alpha value is -1.67. The number of rotatable bonds is 3. The van der Waals surface area contributed by atoms with Crippen LogP contribution in [0.5, 0.6) is 0 Å². The Balaban J connectivity index is 0. The molecule has 0 aliphatic heterocycles. The fourth-order valence-electron chi connectivity index (χ4n) is 0.340. The van der Waals surface area contributed by atoms with Crippen molar-refractivity contribution in [2.24, 2.45) is 5.73 Å². The van der Waals surface area contributed by atoms with Crippen LogP contribution in [0.4, 0.5) is 0 Å². The molecule has 0 saturated heterocycles. The second-order valence-corrected chi connectivity index (χ2v) is 2.41. The van der Waals surface area contributed by atoms with Gasteiger partial charge in [-0.2, -0.15) is 0 Å². The van der Waals surface area contributed by atoms with Gasteiger partial charge in [0, 0.05) is 6.54 Å². The SMILES string of the molecule is CC(N)C(=O)NCCO.O=C(O)C(=O)O. The topological polar surface area (TPSA) is 150 Å². The van der Waals surface area contributed by atoms with E-state index in [0.29, 0.717) is 0 Å². The van der Waals surface area contributed by atoms with E-state index in [4.69, 9.17) is 30.6 Å². The summed E-state index contributed by atoms with van der Waals surface area (Å²) in [5.74, 6) is -3.88. The molecule has 0 heterocycles. The molecule has 8 nitrogen and oxygen atoms in total. The van der Waals surface area contributed by atoms with Crippen LogP contribution in [-0.2, 0) is 14.4 Å². The summed E-state index contributed by atoms with van der Waals surface area (Å²) in [4.78, 5) is 28.8. The molecule has 0 spiro atoms. The molecule has 0 rings (SSSR count). The van der Waals surface area contributed by atoms with Crippen molar-refractivity contribution in [3.05, 3.63) is 0 Å². The quantitative estimate of drug-likeness (QED) is 0.334. The fraction of sp³-hybridized carbons (Fsp3) is 0.571. The van der Waals surface area contributed by atoms with E-state index in [1.807, 2.05) is 0 Å². The van der Waals surface area contributed by atoms with Gasteiger partial charge >= 0.3 is 11.9 Å². The van der Waals surface area contributed by atoms with Crippen LogP contribution >= 0.6 is 0 Å². The lowest BCUT2D eigenvalue weighted by Gasteiger charge is -2.04. The Morgan fingerprint density at radius 3 is 1.87 bits per heavy atom. The summed E-state index contributed by atoms with van der Waals surface area (Å²) in [7, 11) is 0. The van der Waals surface area contributed by atoms with Gasteiger partial charge in [0.25, 0.3) is 0 Å². The summed E-state index contributed by atoms with van der Waals surface area (Å²) in [5.41, 5.74) is 5.18. The second-order valence-electron chi connectivity index (χ2n) is 2.41. The van der Waals surface area contributed by atoms with Gasteiger partial charge in [-0.3, -0.25) is 4.79 Å². The van der Waals surface area contributed by atoms with Crippen LogP contribution in [0.25, 0.3) is 0 Å². The van der Waals surface area contributed by atoms with E-state index in [1.54, 1.807) is 6.92 Å². The number of hydrogen-bond donors (Lipinski definition) is 5. The summed E-state index contributed by atoms with van der Waals surface area (Å²) >= 11 is 0. The first-order valence-corrected chi connectivity index (χ1v) is 3.93. The number of nitrogens with two attached hydrogens (primary N) is 1. The highest BCUT2D eigenvalue weighted by atomic mass is 16.4. The van der Waals surface area contributed by atoms with Crippen molar-refractivity contribution in [3.63, 3.8) is 0 Å². The average molecular weight is 222 g/mol. The predicted molar refractivity (Wildman–Crippen MR) is 49.0 cm³/mol. The van der Waals surface area contributed by atoms with Gasteiger partial charge in [0.1, 0.15) is 0 Å². The van der Waals surface area contributed by atoms with Gasteiger partial charge in [-0.15, -0.1) is 0 Å². The van der Waals surface area contributed by atoms with E-state index in [2.05, 4.69) is 5.32 Å². The number of amides is 1. The zero-order chi connectivity index (χ0) is 12.4. The Morgan fingerprint density at radius 2 is 1.67 bits per heavy atom. The minimum atomic E-state index is -1.82. The van der Waals surface area contributed by atoms with Crippen LogP contribution in [0, 0.1) is 0 Å². The number of aliphatic hydroxyl groups is 1. The highest BCUT2D eigenvalue weighted by Crippen LogP contribution is 1.72. The lowest BCUT2D eigenvalue weighted by Crippen LogP contribution is -2.39. The molecule has 6 N–H and O–H groups in total. The summed E-state index contributed by atoms with van der Waals surface area (Å²) in [6.07, 6.45) is 0. The van der Waals surface area contributed by atoms with Gasteiger partial charge in [0.05, 0.1) is 12.6 Å². The second kappa shape index (κ2) is 8.91. The molecule has 0 aliphatic carbocycles. The fourth-order valence-corrected chi connectivity index (χ4v) is 0.340. The molecule has 88 valence electrons. The molecular formula is C7H14N2O6. The zero-order valence-corrected chi connectivity index (χ0v) is 8.14. The minimum absolute atomic E-state index is 0.0432. The van der Waals surface area contributed by atoms with Crippen molar-refractivity contribution in [1.29, 1.82) is 0 Å². The number of carboxylic acid groups (broad SMARTS) is 2. The Morgan fingerprint density at radius 1 is 1.27 bits per heavy atom. The van der Waals surface area contributed by atoms with Crippen molar-refractivity contribution in [1.82, 2.24) is 5.32 Å². The predicted octanol–water partition coefficient (Wildman–Crippen LogP) is -2.40. The summed E-state index contributed by atoms with van der Waals surface area (Å²) in [6.45, 7) is 1.82. The Bertz CT molecular complexity index is 216. The molecule has 0 aliphatic rings. The van der Waals surface area contributed by atoms with E-state index < -0.39 is 18.0 Å². The number of aliphatic carboxylic acids is 2. The average Bonchev–Trinajstić information content (AvgIpc) is 2.14. The lowest BCUT2D eigenvalue weighted by molar-refractivity contribution is -0.159. The molecule has 0 radical (unpaired) electrons. The minimum Gasteiger partial charge on any atom is -0.473 e. The standard InChI is InChI=1S/C5H12N2O2.C2H2O4/c1-4(6)5(9)7-2-3-8;3-1(4)2(5)6/h4,8H,2-3,6H2,1H3,(H,7,9);(H,3,4)(H,5,6). The first kappa shape index (κ1) is 15.8. The molecule has 1 atom stereocenters. The lowest BCUT2D eigenvalue weighted by atomic mass is 10.3. The largest absolute Gasteiger partial charge is 0.473 e.